The number of rotatable bonds is 0. The summed E-state index contributed by atoms with van der Waals surface area (Å²) in [5, 5.41) is 0. The van der Waals surface area contributed by atoms with E-state index in [-0.39, 0.29) is 24.5 Å². The molecule has 0 aromatic rings. The van der Waals surface area contributed by atoms with Crippen LogP contribution in [0.5, 0.6) is 0 Å². The van der Waals surface area contributed by atoms with Gasteiger partial charge in [0.1, 0.15) is 0 Å². The van der Waals surface area contributed by atoms with E-state index in [1.54, 1.807) is 0 Å². The van der Waals surface area contributed by atoms with E-state index in [1.807, 2.05) is 19.1 Å². The van der Waals surface area contributed by atoms with E-state index in [9.17, 15) is 0 Å². The van der Waals surface area contributed by atoms with Gasteiger partial charge in [-0.2, -0.15) is 12.5 Å². The first kappa shape index (κ1) is 16.5. The Balaban J connectivity index is -0.0000000900. The molecule has 0 saturated carbocycles. The maximum absolute atomic E-state index is 3.49. The fourth-order valence-corrected chi connectivity index (χ4v) is 0.340. The first-order valence-electron chi connectivity index (χ1n) is 2.92. The van der Waals surface area contributed by atoms with Gasteiger partial charge in [-0.1, -0.05) is 6.92 Å². The summed E-state index contributed by atoms with van der Waals surface area (Å²) >= 11 is 0. The van der Waals surface area contributed by atoms with E-state index in [4.69, 9.17) is 0 Å². The second kappa shape index (κ2) is 16.0. The van der Waals surface area contributed by atoms with Crippen molar-refractivity contribution in [3.8, 4) is 0 Å². The maximum Gasteiger partial charge on any atom is 3.00 e. The third kappa shape index (κ3) is 15.7. The molecule has 0 spiro atoms. The largest absolute Gasteiger partial charge is 3.00 e. The molecule has 0 heterocycles. The molecule has 0 fully saturated rings. The van der Waals surface area contributed by atoms with Crippen LogP contribution in [0.4, 0.5) is 0 Å². The minimum atomic E-state index is 0. The van der Waals surface area contributed by atoms with Crippen molar-refractivity contribution in [3.05, 3.63) is 38.7 Å². The predicted molar refractivity (Wildman–Crippen MR) is 43.6 cm³/mol. The molecule has 0 amide bonds. The minimum absolute atomic E-state index is 0. The van der Waals surface area contributed by atoms with Gasteiger partial charge in [0.25, 0.3) is 0 Å². The van der Waals surface area contributed by atoms with Crippen LogP contribution in [-0.4, -0.2) is 0 Å². The standard InChI is InChI=1S/C5H5.C3H7.CH3.Mn/c1-2-4-5-3-1;1-3-2;;/h1-3H,4H2;1,3H2,2H3;1H3;/q3*-1;+3. The molecule has 0 nitrogen and oxygen atoms in total. The van der Waals surface area contributed by atoms with Crippen LogP contribution in [0.15, 0.2) is 18.2 Å². The van der Waals surface area contributed by atoms with Crippen LogP contribution >= 0.6 is 0 Å². The first-order chi connectivity index (χ1) is 3.91. The molecule has 10 heavy (non-hydrogen) atoms. The number of hydrogen-bond donors (Lipinski definition) is 0. The summed E-state index contributed by atoms with van der Waals surface area (Å²) < 4.78 is 0. The van der Waals surface area contributed by atoms with Crippen LogP contribution in [0.3, 0.4) is 0 Å². The average Bonchev–Trinajstić information content (AvgIpc) is 2.17. The summed E-state index contributed by atoms with van der Waals surface area (Å²) in [5.41, 5.74) is 0. The second-order valence-electron chi connectivity index (χ2n) is 1.50. The molecule has 1 heteroatoms. The van der Waals surface area contributed by atoms with E-state index in [2.05, 4.69) is 19.1 Å². The Labute approximate surface area is 75.9 Å². The van der Waals surface area contributed by atoms with E-state index in [0.29, 0.717) is 0 Å². The van der Waals surface area contributed by atoms with Gasteiger partial charge in [-0.3, -0.25) is 6.08 Å². The van der Waals surface area contributed by atoms with E-state index >= 15 is 0 Å². The van der Waals surface area contributed by atoms with Crippen molar-refractivity contribution < 1.29 is 17.1 Å². The summed E-state index contributed by atoms with van der Waals surface area (Å²) in [6.07, 6.45) is 11.0. The minimum Gasteiger partial charge on any atom is -0.358 e. The second-order valence-corrected chi connectivity index (χ2v) is 1.50. The van der Waals surface area contributed by atoms with Crippen LogP contribution < -0.4 is 0 Å². The molecule has 0 bridgehead atoms. The Hall–Kier alpha value is -0.000519. The summed E-state index contributed by atoms with van der Waals surface area (Å²) in [6.45, 7) is 5.50. The molecule has 0 atom stereocenters. The fourth-order valence-electron chi connectivity index (χ4n) is 0.340. The smallest absolute Gasteiger partial charge is 0.358 e. The summed E-state index contributed by atoms with van der Waals surface area (Å²) in [7, 11) is 0. The van der Waals surface area contributed by atoms with Gasteiger partial charge in [-0.05, 0) is 0 Å². The van der Waals surface area contributed by atoms with Crippen molar-refractivity contribution in [1.29, 1.82) is 0 Å². The maximum atomic E-state index is 3.49. The molecule has 1 rings (SSSR count). The van der Waals surface area contributed by atoms with Gasteiger partial charge in [-0.25, -0.2) is 12.2 Å². The number of hydrogen-bond acceptors (Lipinski definition) is 0. The van der Waals surface area contributed by atoms with Crippen LogP contribution in [0.2, 0.25) is 0 Å². The molecule has 58 valence electrons. The molecular formula is C9H15Mn. The molecule has 0 aromatic heterocycles. The first-order valence-corrected chi connectivity index (χ1v) is 2.92. The predicted octanol–water partition coefficient (Wildman–Crippen LogP) is 2.98. The van der Waals surface area contributed by atoms with Gasteiger partial charge in [0.05, 0.1) is 0 Å². The van der Waals surface area contributed by atoms with Crippen LogP contribution in [0.25, 0.3) is 0 Å². The molecular weight excluding hydrogens is 163 g/mol. The van der Waals surface area contributed by atoms with Gasteiger partial charge >= 0.3 is 17.1 Å². The van der Waals surface area contributed by atoms with Crippen LogP contribution in [0.1, 0.15) is 19.8 Å². The summed E-state index contributed by atoms with van der Waals surface area (Å²) in [4.78, 5) is 0. The van der Waals surface area contributed by atoms with Crippen molar-refractivity contribution in [3.63, 3.8) is 0 Å². The summed E-state index contributed by atoms with van der Waals surface area (Å²) in [5.74, 6) is 0. The van der Waals surface area contributed by atoms with E-state index in [1.165, 1.54) is 0 Å². The van der Waals surface area contributed by atoms with Gasteiger partial charge in [0.15, 0.2) is 0 Å². The van der Waals surface area contributed by atoms with Crippen LogP contribution in [-0.2, 0) is 17.1 Å². The molecule has 0 unspecified atom stereocenters. The SMILES string of the molecule is [C-]1=CC=CC1.[CH2-]CC.[CH3-].[Mn+3]. The van der Waals surface area contributed by atoms with Gasteiger partial charge in [0.2, 0.25) is 0 Å². The summed E-state index contributed by atoms with van der Waals surface area (Å²) in [6, 6.07) is 0. The Morgan fingerprint density at radius 1 is 1.60 bits per heavy atom. The molecule has 0 saturated heterocycles. The van der Waals surface area contributed by atoms with E-state index < -0.39 is 0 Å². The fraction of sp³-hybridized carbons (Fsp3) is 0.333. The van der Waals surface area contributed by atoms with Crippen molar-refractivity contribution >= 4 is 0 Å². The Bertz CT molecular complexity index is 72.7. The van der Waals surface area contributed by atoms with E-state index in [0.717, 1.165) is 12.8 Å². The Kier molecular flexibility index (Phi) is 26.4. The monoisotopic (exact) mass is 178 g/mol. The molecule has 0 radical (unpaired) electrons. The number of allylic oxidation sites excluding steroid dienone is 4. The van der Waals surface area contributed by atoms with Gasteiger partial charge < -0.3 is 14.4 Å². The van der Waals surface area contributed by atoms with Crippen molar-refractivity contribution in [2.45, 2.75) is 19.8 Å². The van der Waals surface area contributed by atoms with Crippen LogP contribution in [0, 0.1) is 20.4 Å². The van der Waals surface area contributed by atoms with Gasteiger partial charge in [0, 0.05) is 0 Å². The normalized spacial score (nSPS) is 10.6. The zero-order valence-corrected chi connectivity index (χ0v) is 7.91. The zero-order valence-electron chi connectivity index (χ0n) is 6.73. The zero-order chi connectivity index (χ0) is 6.24. The molecule has 0 aliphatic heterocycles. The molecule has 0 aromatic carbocycles. The molecule has 1 aliphatic carbocycles. The topological polar surface area (TPSA) is 0 Å². The Morgan fingerprint density at radius 2 is 2.10 bits per heavy atom. The van der Waals surface area contributed by atoms with Crippen molar-refractivity contribution in [1.82, 2.24) is 0 Å². The third-order valence-electron chi connectivity index (χ3n) is 0.586. The van der Waals surface area contributed by atoms with Crippen molar-refractivity contribution in [2.24, 2.45) is 0 Å². The Morgan fingerprint density at radius 3 is 2.20 bits per heavy atom. The molecule has 1 aliphatic rings. The van der Waals surface area contributed by atoms with Gasteiger partial charge in [-0.15, -0.1) is 6.42 Å². The third-order valence-corrected chi connectivity index (χ3v) is 0.586. The average molecular weight is 178 g/mol. The quantitative estimate of drug-likeness (QED) is 0.395. The molecule has 0 N–H and O–H groups in total. The van der Waals surface area contributed by atoms with Crippen molar-refractivity contribution in [2.75, 3.05) is 0 Å².